The topological polar surface area (TPSA) is 75.1 Å². The number of aryl methyl sites for hydroxylation is 1. The van der Waals surface area contributed by atoms with Gasteiger partial charge in [0, 0.05) is 11.8 Å². The van der Waals surface area contributed by atoms with Crippen LogP contribution < -0.4 is 5.32 Å². The number of fused-ring (bicyclic) bond motifs is 1. The van der Waals surface area contributed by atoms with Gasteiger partial charge in [0.05, 0.1) is 28.4 Å². The number of amides is 1. The number of pyridine rings is 1. The van der Waals surface area contributed by atoms with Crippen LogP contribution in [0.3, 0.4) is 0 Å². The lowest BCUT2D eigenvalue weighted by atomic mass is 10.0. The van der Waals surface area contributed by atoms with Gasteiger partial charge in [-0.3, -0.25) is 9.78 Å². The van der Waals surface area contributed by atoms with Crippen molar-refractivity contribution in [2.75, 3.05) is 5.32 Å². The molecule has 1 aromatic carbocycles. The maximum absolute atomic E-state index is 13.0. The van der Waals surface area contributed by atoms with Crippen molar-refractivity contribution in [2.24, 2.45) is 5.92 Å². The zero-order chi connectivity index (χ0) is 17.6. The van der Waals surface area contributed by atoms with Crippen LogP contribution in [0.25, 0.3) is 21.3 Å². The van der Waals surface area contributed by atoms with Crippen LogP contribution in [-0.2, 0) is 11.4 Å². The van der Waals surface area contributed by atoms with Crippen LogP contribution in [0.1, 0.15) is 17.7 Å². The summed E-state index contributed by atoms with van der Waals surface area (Å²) in [5.74, 6) is -0.826. The molecular formula is C18H16FN3O2S. The van der Waals surface area contributed by atoms with E-state index in [1.165, 1.54) is 11.3 Å². The van der Waals surface area contributed by atoms with Crippen LogP contribution in [-0.4, -0.2) is 27.2 Å². The number of aromatic nitrogens is 2. The SMILES string of the molecule is Cc1cc(CO)ncc1-c1ccc2nc(NC(=O)C3C[C@@H]3F)sc2c1. The molecule has 0 bridgehead atoms. The Labute approximate surface area is 147 Å². The predicted molar refractivity (Wildman–Crippen MR) is 95.1 cm³/mol. The average Bonchev–Trinajstić information content (AvgIpc) is 3.20. The molecule has 0 radical (unpaired) electrons. The van der Waals surface area contributed by atoms with Gasteiger partial charge < -0.3 is 10.4 Å². The van der Waals surface area contributed by atoms with E-state index >= 15 is 0 Å². The van der Waals surface area contributed by atoms with Gasteiger partial charge in [0.25, 0.3) is 0 Å². The lowest BCUT2D eigenvalue weighted by Crippen LogP contribution is -2.14. The molecule has 1 saturated carbocycles. The third kappa shape index (κ3) is 3.12. The number of benzene rings is 1. The summed E-state index contributed by atoms with van der Waals surface area (Å²) in [6.45, 7) is 1.89. The Kier molecular flexibility index (Phi) is 3.97. The number of hydrogen-bond donors (Lipinski definition) is 2. The lowest BCUT2D eigenvalue weighted by Gasteiger charge is -2.07. The summed E-state index contributed by atoms with van der Waals surface area (Å²) in [4.78, 5) is 20.5. The maximum atomic E-state index is 13.0. The number of carbonyl (C=O) groups excluding carboxylic acids is 1. The summed E-state index contributed by atoms with van der Waals surface area (Å²) in [6.07, 6.45) is 1.04. The minimum absolute atomic E-state index is 0.0845. The monoisotopic (exact) mass is 357 g/mol. The van der Waals surface area contributed by atoms with E-state index in [1.54, 1.807) is 6.20 Å². The molecule has 7 heteroatoms. The number of halogens is 1. The Morgan fingerprint density at radius 3 is 2.92 bits per heavy atom. The van der Waals surface area contributed by atoms with Gasteiger partial charge in [-0.1, -0.05) is 17.4 Å². The Hall–Kier alpha value is -2.38. The van der Waals surface area contributed by atoms with E-state index in [-0.39, 0.29) is 12.5 Å². The highest BCUT2D eigenvalue weighted by molar-refractivity contribution is 7.22. The quantitative estimate of drug-likeness (QED) is 0.750. The number of carbonyl (C=O) groups is 1. The van der Waals surface area contributed by atoms with E-state index in [2.05, 4.69) is 15.3 Å². The third-order valence-electron chi connectivity index (χ3n) is 4.31. The fourth-order valence-electron chi connectivity index (χ4n) is 2.78. The highest BCUT2D eigenvalue weighted by atomic mass is 32.1. The molecule has 2 atom stereocenters. The first-order chi connectivity index (χ1) is 12.0. The molecule has 0 saturated heterocycles. The Balaban J connectivity index is 1.63. The van der Waals surface area contributed by atoms with Crippen LogP contribution in [0.4, 0.5) is 9.52 Å². The van der Waals surface area contributed by atoms with E-state index < -0.39 is 12.1 Å². The number of thiazole rings is 1. The van der Waals surface area contributed by atoms with E-state index in [0.717, 1.165) is 26.9 Å². The number of alkyl halides is 1. The highest BCUT2D eigenvalue weighted by Gasteiger charge is 2.43. The summed E-state index contributed by atoms with van der Waals surface area (Å²) in [6, 6.07) is 7.71. The standard InChI is InChI=1S/C18H16FN3O2S/c1-9-4-11(8-23)20-7-13(9)10-2-3-15-16(5-10)25-18(21-15)22-17(24)12-6-14(12)19/h2-5,7,12,14,23H,6,8H2,1H3,(H,21,22,24)/t12?,14-/m0/s1. The molecule has 1 aliphatic carbocycles. The lowest BCUT2D eigenvalue weighted by molar-refractivity contribution is -0.117. The fraction of sp³-hybridized carbons (Fsp3) is 0.278. The van der Waals surface area contributed by atoms with Gasteiger partial charge in [0.2, 0.25) is 5.91 Å². The van der Waals surface area contributed by atoms with Crippen molar-refractivity contribution in [3.05, 3.63) is 41.7 Å². The van der Waals surface area contributed by atoms with Crippen molar-refractivity contribution in [1.82, 2.24) is 9.97 Å². The first-order valence-corrected chi connectivity index (χ1v) is 8.79. The number of rotatable bonds is 4. The molecule has 2 aromatic heterocycles. The number of anilines is 1. The third-order valence-corrected chi connectivity index (χ3v) is 5.24. The molecule has 2 N–H and O–H groups in total. The summed E-state index contributed by atoms with van der Waals surface area (Å²) in [7, 11) is 0. The van der Waals surface area contributed by atoms with Crippen molar-refractivity contribution in [3.8, 4) is 11.1 Å². The molecule has 1 amide bonds. The second-order valence-electron chi connectivity index (χ2n) is 6.20. The molecule has 1 fully saturated rings. The van der Waals surface area contributed by atoms with E-state index in [0.29, 0.717) is 17.2 Å². The maximum Gasteiger partial charge on any atom is 0.232 e. The van der Waals surface area contributed by atoms with Crippen molar-refractivity contribution < 1.29 is 14.3 Å². The second kappa shape index (κ2) is 6.16. The number of nitrogens with zero attached hydrogens (tertiary/aromatic N) is 2. The highest BCUT2D eigenvalue weighted by Crippen LogP contribution is 2.36. The number of aliphatic hydroxyl groups excluding tert-OH is 1. The molecule has 5 nitrogen and oxygen atoms in total. The van der Waals surface area contributed by atoms with Crippen LogP contribution in [0, 0.1) is 12.8 Å². The molecule has 128 valence electrons. The minimum Gasteiger partial charge on any atom is -0.390 e. The summed E-state index contributed by atoms with van der Waals surface area (Å²) < 4.78 is 13.9. The molecule has 4 rings (SSSR count). The van der Waals surface area contributed by atoms with Crippen molar-refractivity contribution in [1.29, 1.82) is 0 Å². The van der Waals surface area contributed by atoms with Crippen molar-refractivity contribution in [2.45, 2.75) is 26.1 Å². The second-order valence-corrected chi connectivity index (χ2v) is 7.23. The molecule has 2 heterocycles. The smallest absolute Gasteiger partial charge is 0.232 e. The normalized spacial score (nSPS) is 19.2. The molecule has 3 aromatic rings. The van der Waals surface area contributed by atoms with E-state index in [9.17, 15) is 14.3 Å². The molecule has 1 aliphatic rings. The average molecular weight is 357 g/mol. The van der Waals surface area contributed by atoms with Gasteiger partial charge in [0.1, 0.15) is 6.17 Å². The van der Waals surface area contributed by atoms with Gasteiger partial charge >= 0.3 is 0 Å². The Morgan fingerprint density at radius 2 is 2.24 bits per heavy atom. The Morgan fingerprint density at radius 1 is 1.44 bits per heavy atom. The molecule has 1 unspecified atom stereocenters. The number of hydrogen-bond acceptors (Lipinski definition) is 5. The van der Waals surface area contributed by atoms with Crippen LogP contribution in [0.5, 0.6) is 0 Å². The van der Waals surface area contributed by atoms with E-state index in [4.69, 9.17) is 0 Å². The van der Waals surface area contributed by atoms with Gasteiger partial charge in [-0.2, -0.15) is 0 Å². The molecule has 0 spiro atoms. The van der Waals surface area contributed by atoms with Crippen LogP contribution in [0.2, 0.25) is 0 Å². The molecule has 25 heavy (non-hydrogen) atoms. The predicted octanol–water partition coefficient (Wildman–Crippen LogP) is 3.46. The Bertz CT molecular complexity index is 972. The fourth-order valence-corrected chi connectivity index (χ4v) is 3.69. The molecular weight excluding hydrogens is 341 g/mol. The van der Waals surface area contributed by atoms with Gasteiger partial charge in [-0.15, -0.1) is 0 Å². The summed E-state index contributed by atoms with van der Waals surface area (Å²) in [5.41, 5.74) is 4.43. The molecule has 0 aliphatic heterocycles. The summed E-state index contributed by atoms with van der Waals surface area (Å²) >= 11 is 1.37. The largest absolute Gasteiger partial charge is 0.390 e. The number of nitrogens with one attached hydrogen (secondary N) is 1. The van der Waals surface area contributed by atoms with Crippen molar-refractivity contribution >= 4 is 32.6 Å². The van der Waals surface area contributed by atoms with Gasteiger partial charge in [0.15, 0.2) is 5.13 Å². The van der Waals surface area contributed by atoms with Gasteiger partial charge in [-0.25, -0.2) is 9.37 Å². The minimum atomic E-state index is -1.02. The first-order valence-electron chi connectivity index (χ1n) is 7.97. The van der Waals surface area contributed by atoms with Crippen LogP contribution in [0.15, 0.2) is 30.5 Å². The van der Waals surface area contributed by atoms with Crippen molar-refractivity contribution in [3.63, 3.8) is 0 Å². The zero-order valence-electron chi connectivity index (χ0n) is 13.5. The summed E-state index contributed by atoms with van der Waals surface area (Å²) in [5, 5.41) is 12.4. The van der Waals surface area contributed by atoms with Crippen LogP contribution >= 0.6 is 11.3 Å². The zero-order valence-corrected chi connectivity index (χ0v) is 14.3. The van der Waals surface area contributed by atoms with E-state index in [1.807, 2.05) is 31.2 Å². The number of aliphatic hydroxyl groups is 1. The first kappa shape index (κ1) is 16.1. The van der Waals surface area contributed by atoms with Gasteiger partial charge in [-0.05, 0) is 42.7 Å².